The average Bonchev–Trinajstić information content (AvgIpc) is 2.28. The molecule has 15 heavy (non-hydrogen) atoms. The number of hydrogen-bond donors (Lipinski definition) is 2. The summed E-state index contributed by atoms with van der Waals surface area (Å²) in [5, 5.41) is 3.06. The third-order valence-corrected chi connectivity index (χ3v) is 1.58. The summed E-state index contributed by atoms with van der Waals surface area (Å²) in [6.07, 6.45) is 0. The second kappa shape index (κ2) is 11.0. The maximum Gasteiger partial charge on any atom is 0.123 e. The Kier molecular flexibility index (Phi) is 12.0. The number of nitrogens with zero attached hydrogens (tertiary/aromatic N) is 1. The van der Waals surface area contributed by atoms with Crippen molar-refractivity contribution in [3.05, 3.63) is 23.4 Å². The van der Waals surface area contributed by atoms with Gasteiger partial charge in [-0.2, -0.15) is 0 Å². The summed E-state index contributed by atoms with van der Waals surface area (Å²) in [7, 11) is 1.91. The molecule has 0 aliphatic heterocycles. The summed E-state index contributed by atoms with van der Waals surface area (Å²) < 4.78 is 0. The van der Waals surface area contributed by atoms with Gasteiger partial charge in [0.2, 0.25) is 0 Å². The molecule has 0 saturated heterocycles. The van der Waals surface area contributed by atoms with Crippen LogP contribution in [0.25, 0.3) is 0 Å². The van der Waals surface area contributed by atoms with Crippen molar-refractivity contribution in [1.29, 1.82) is 0 Å². The topological polar surface area (TPSA) is 50.9 Å². The summed E-state index contributed by atoms with van der Waals surface area (Å²) >= 11 is 0. The molecule has 3 heteroatoms. The van der Waals surface area contributed by atoms with Gasteiger partial charge in [0.15, 0.2) is 0 Å². The third-order valence-electron chi connectivity index (χ3n) is 1.58. The van der Waals surface area contributed by atoms with Gasteiger partial charge in [0, 0.05) is 12.2 Å². The molecule has 0 aromatic carbocycles. The molecule has 0 unspecified atom stereocenters. The minimum atomic E-state index is 0.586. The highest BCUT2D eigenvalue weighted by Crippen LogP contribution is 2.06. The molecule has 0 aliphatic carbocycles. The number of aromatic nitrogens is 1. The highest BCUT2D eigenvalue weighted by Gasteiger charge is 1.97. The zero-order valence-corrected chi connectivity index (χ0v) is 10.9. The van der Waals surface area contributed by atoms with E-state index in [9.17, 15) is 0 Å². The van der Waals surface area contributed by atoms with Crippen LogP contribution in [-0.4, -0.2) is 12.0 Å². The van der Waals surface area contributed by atoms with Crippen molar-refractivity contribution in [1.82, 2.24) is 10.3 Å². The quantitative estimate of drug-likeness (QED) is 0.791. The number of rotatable bonds is 2. The summed E-state index contributed by atoms with van der Waals surface area (Å²) in [5.41, 5.74) is 7.69. The van der Waals surface area contributed by atoms with Crippen LogP contribution < -0.4 is 11.1 Å². The molecule has 0 aliphatic rings. The molecule has 0 saturated carbocycles. The average molecular weight is 211 g/mol. The van der Waals surface area contributed by atoms with Gasteiger partial charge in [0.1, 0.15) is 5.82 Å². The first-order valence-corrected chi connectivity index (χ1v) is 5.60. The Morgan fingerprint density at radius 3 is 2.13 bits per heavy atom. The van der Waals surface area contributed by atoms with E-state index in [2.05, 4.69) is 10.3 Å². The molecule has 0 spiro atoms. The fraction of sp³-hybridized carbons (Fsp3) is 0.583. The second-order valence-electron chi connectivity index (χ2n) is 2.51. The first-order valence-electron chi connectivity index (χ1n) is 5.60. The molecule has 1 aromatic heterocycles. The summed E-state index contributed by atoms with van der Waals surface area (Å²) in [6, 6.07) is 3.81. The van der Waals surface area contributed by atoms with E-state index in [1.165, 1.54) is 5.56 Å². The molecule has 1 rings (SSSR count). The van der Waals surface area contributed by atoms with Crippen molar-refractivity contribution < 1.29 is 0 Å². The maximum atomic E-state index is 5.49. The molecule has 1 heterocycles. The van der Waals surface area contributed by atoms with Gasteiger partial charge >= 0.3 is 0 Å². The summed E-state index contributed by atoms with van der Waals surface area (Å²) in [6.45, 7) is 10.8. The Labute approximate surface area is 94.1 Å². The lowest BCUT2D eigenvalue weighted by molar-refractivity contribution is 0.805. The molecule has 88 valence electrons. The highest BCUT2D eigenvalue weighted by atomic mass is 14.9. The summed E-state index contributed by atoms with van der Waals surface area (Å²) in [4.78, 5) is 4.13. The van der Waals surface area contributed by atoms with Crippen molar-refractivity contribution in [2.24, 2.45) is 0 Å². The number of aryl methyl sites for hydroxylation is 1. The molecule has 3 N–H and O–H groups in total. The van der Waals surface area contributed by atoms with E-state index >= 15 is 0 Å². The molecule has 3 nitrogen and oxygen atoms in total. The van der Waals surface area contributed by atoms with Crippen LogP contribution in [0, 0.1) is 6.92 Å². The zero-order chi connectivity index (χ0) is 12.3. The molecule has 0 amide bonds. The lowest BCUT2D eigenvalue weighted by atomic mass is 10.2. The lowest BCUT2D eigenvalue weighted by Crippen LogP contribution is -2.07. The van der Waals surface area contributed by atoms with Crippen LogP contribution >= 0.6 is 0 Å². The standard InChI is InChI=1S/C8H13N3.2C2H6/c1-6-7(5-10-2)3-4-8(9)11-6;2*1-2/h3-4,10H,5H2,1-2H3,(H2,9,11);2*1-2H3. The predicted octanol–water partition coefficient (Wildman–Crippen LogP) is 2.74. The maximum absolute atomic E-state index is 5.49. The monoisotopic (exact) mass is 211 g/mol. The Morgan fingerprint density at radius 2 is 1.73 bits per heavy atom. The van der Waals surface area contributed by atoms with Gasteiger partial charge in [-0.05, 0) is 25.6 Å². The summed E-state index contributed by atoms with van der Waals surface area (Å²) in [5.74, 6) is 0.586. The van der Waals surface area contributed by atoms with Gasteiger partial charge in [-0.1, -0.05) is 33.8 Å². The van der Waals surface area contributed by atoms with Gasteiger partial charge in [0.25, 0.3) is 0 Å². The normalized spacial score (nSPS) is 8.13. The van der Waals surface area contributed by atoms with Crippen molar-refractivity contribution in [2.75, 3.05) is 12.8 Å². The Balaban J connectivity index is 0. The Bertz CT molecular complexity index is 247. The van der Waals surface area contributed by atoms with Crippen LogP contribution in [0.4, 0.5) is 5.82 Å². The van der Waals surface area contributed by atoms with Gasteiger partial charge < -0.3 is 11.1 Å². The van der Waals surface area contributed by atoms with E-state index in [0.717, 1.165) is 12.2 Å². The molecule has 0 radical (unpaired) electrons. The first kappa shape index (κ1) is 16.3. The predicted molar refractivity (Wildman–Crippen MR) is 68.8 cm³/mol. The van der Waals surface area contributed by atoms with Gasteiger partial charge in [-0.15, -0.1) is 0 Å². The van der Waals surface area contributed by atoms with Gasteiger partial charge in [0.05, 0.1) is 0 Å². The highest BCUT2D eigenvalue weighted by molar-refractivity contribution is 5.33. The van der Waals surface area contributed by atoms with E-state index in [-0.39, 0.29) is 0 Å². The number of hydrogen-bond acceptors (Lipinski definition) is 3. The fourth-order valence-electron chi connectivity index (χ4n) is 0.987. The van der Waals surface area contributed by atoms with E-state index in [0.29, 0.717) is 5.82 Å². The molecule has 1 aromatic rings. The van der Waals surface area contributed by atoms with Crippen LogP contribution in [0.5, 0.6) is 0 Å². The van der Waals surface area contributed by atoms with Crippen LogP contribution in [0.2, 0.25) is 0 Å². The minimum Gasteiger partial charge on any atom is -0.384 e. The number of nitrogens with one attached hydrogen (secondary N) is 1. The Morgan fingerprint density at radius 1 is 1.20 bits per heavy atom. The largest absolute Gasteiger partial charge is 0.384 e. The van der Waals surface area contributed by atoms with Crippen LogP contribution in [0.15, 0.2) is 12.1 Å². The van der Waals surface area contributed by atoms with E-state index < -0.39 is 0 Å². The van der Waals surface area contributed by atoms with E-state index in [1.807, 2.05) is 53.8 Å². The van der Waals surface area contributed by atoms with Gasteiger partial charge in [-0.25, -0.2) is 4.98 Å². The molecule has 0 bridgehead atoms. The van der Waals surface area contributed by atoms with Crippen molar-refractivity contribution in [2.45, 2.75) is 41.2 Å². The van der Waals surface area contributed by atoms with E-state index in [1.54, 1.807) is 0 Å². The lowest BCUT2D eigenvalue weighted by Gasteiger charge is -2.03. The number of pyridine rings is 1. The van der Waals surface area contributed by atoms with Crippen LogP contribution in [0.3, 0.4) is 0 Å². The van der Waals surface area contributed by atoms with E-state index in [4.69, 9.17) is 5.73 Å². The first-order chi connectivity index (χ1) is 7.24. The minimum absolute atomic E-state index is 0.586. The SMILES string of the molecule is CC.CC.CNCc1ccc(N)nc1C. The van der Waals surface area contributed by atoms with Crippen molar-refractivity contribution in [3.63, 3.8) is 0 Å². The van der Waals surface area contributed by atoms with Crippen molar-refractivity contribution in [3.8, 4) is 0 Å². The smallest absolute Gasteiger partial charge is 0.123 e. The number of nitrogens with two attached hydrogens (primary N) is 1. The van der Waals surface area contributed by atoms with Crippen LogP contribution in [-0.2, 0) is 6.54 Å². The molecule has 0 atom stereocenters. The molecule has 0 fully saturated rings. The molecular formula is C12H25N3. The van der Waals surface area contributed by atoms with Gasteiger partial charge in [-0.3, -0.25) is 0 Å². The van der Waals surface area contributed by atoms with Crippen LogP contribution in [0.1, 0.15) is 39.0 Å². The molecular weight excluding hydrogens is 186 g/mol. The zero-order valence-electron chi connectivity index (χ0n) is 10.9. The second-order valence-corrected chi connectivity index (χ2v) is 2.51. The Hall–Kier alpha value is -1.09. The third kappa shape index (κ3) is 6.91. The number of anilines is 1. The fourth-order valence-corrected chi connectivity index (χ4v) is 0.987. The number of nitrogen functional groups attached to an aromatic ring is 1. The van der Waals surface area contributed by atoms with Crippen molar-refractivity contribution >= 4 is 5.82 Å².